The summed E-state index contributed by atoms with van der Waals surface area (Å²) in [5.74, 6) is -0.997. The lowest BCUT2D eigenvalue weighted by atomic mass is 9.95. The van der Waals surface area contributed by atoms with Crippen molar-refractivity contribution in [3.05, 3.63) is 35.7 Å². The van der Waals surface area contributed by atoms with Crippen LogP contribution in [0.1, 0.15) is 56.5 Å². The summed E-state index contributed by atoms with van der Waals surface area (Å²) in [6, 6.07) is 1.81. The Labute approximate surface area is 206 Å². The molecule has 0 radical (unpaired) electrons. The van der Waals surface area contributed by atoms with Gasteiger partial charge in [-0.15, -0.1) is 0 Å². The molecule has 2 aliphatic rings. The predicted molar refractivity (Wildman–Crippen MR) is 129 cm³/mol. The Morgan fingerprint density at radius 3 is 2.77 bits per heavy atom. The Morgan fingerprint density at radius 2 is 2.03 bits per heavy atom. The van der Waals surface area contributed by atoms with E-state index in [2.05, 4.69) is 4.98 Å². The average Bonchev–Trinajstić information content (AvgIpc) is 3.33. The normalized spacial score (nSPS) is 30.3. The number of hydrogen-bond donors (Lipinski definition) is 1. The Kier molecular flexibility index (Phi) is 7.51. The van der Waals surface area contributed by atoms with E-state index in [1.807, 2.05) is 45.4 Å². The molecular formula is C26H36N2O7. The number of rotatable bonds is 3. The molecule has 9 heteroatoms. The number of aromatic nitrogens is 2. The van der Waals surface area contributed by atoms with Gasteiger partial charge in [-0.1, -0.05) is 19.1 Å². The molecule has 0 amide bonds. The highest BCUT2D eigenvalue weighted by Gasteiger charge is 2.44. The number of cyclic esters (lactones) is 1. The number of imidazole rings is 1. The molecule has 9 nitrogen and oxygen atoms in total. The monoisotopic (exact) mass is 488 g/mol. The lowest BCUT2D eigenvalue weighted by Crippen LogP contribution is -2.34. The largest absolute Gasteiger partial charge is 0.467 e. The second-order valence-electron chi connectivity index (χ2n) is 9.88. The first-order valence-corrected chi connectivity index (χ1v) is 12.1. The van der Waals surface area contributed by atoms with E-state index in [0.717, 1.165) is 16.6 Å². The lowest BCUT2D eigenvalue weighted by Gasteiger charge is -2.24. The number of methoxy groups -OCH3 is 1. The quantitative estimate of drug-likeness (QED) is 0.398. The number of nitrogens with zero attached hydrogens (tertiary/aromatic N) is 2. The third kappa shape index (κ3) is 5.38. The summed E-state index contributed by atoms with van der Waals surface area (Å²) in [6.07, 6.45) is 5.10. The van der Waals surface area contributed by atoms with Crippen LogP contribution in [0.3, 0.4) is 0 Å². The Bertz CT molecular complexity index is 1090. The van der Waals surface area contributed by atoms with E-state index < -0.39 is 30.1 Å². The van der Waals surface area contributed by atoms with Gasteiger partial charge in [0.1, 0.15) is 29.6 Å². The number of aliphatic hydroxyl groups is 1. The van der Waals surface area contributed by atoms with Crippen LogP contribution in [0, 0.1) is 5.92 Å². The predicted octanol–water partition coefficient (Wildman–Crippen LogP) is 3.51. The van der Waals surface area contributed by atoms with Gasteiger partial charge in [0.05, 0.1) is 23.5 Å². The third-order valence-electron chi connectivity index (χ3n) is 6.74. The van der Waals surface area contributed by atoms with Crippen molar-refractivity contribution in [3.63, 3.8) is 0 Å². The summed E-state index contributed by atoms with van der Waals surface area (Å²) < 4.78 is 30.9. The van der Waals surface area contributed by atoms with Gasteiger partial charge in [-0.3, -0.25) is 0 Å². The van der Waals surface area contributed by atoms with Crippen molar-refractivity contribution in [1.82, 2.24) is 9.55 Å². The van der Waals surface area contributed by atoms with Gasteiger partial charge in [-0.05, 0) is 45.6 Å². The molecule has 5 atom stereocenters. The van der Waals surface area contributed by atoms with Gasteiger partial charge >= 0.3 is 5.97 Å². The number of benzene rings is 1. The molecule has 1 saturated heterocycles. The second kappa shape index (κ2) is 10.3. The fourth-order valence-electron chi connectivity index (χ4n) is 4.76. The molecule has 0 saturated carbocycles. The maximum Gasteiger partial charge on any atom is 0.342 e. The zero-order chi connectivity index (χ0) is 25.3. The smallest absolute Gasteiger partial charge is 0.342 e. The number of esters is 1. The molecule has 4 rings (SSSR count). The van der Waals surface area contributed by atoms with Crippen LogP contribution in [0.5, 0.6) is 5.75 Å². The Morgan fingerprint density at radius 1 is 1.26 bits per heavy atom. The number of hydrogen-bond acceptors (Lipinski definition) is 8. The average molecular weight is 489 g/mol. The molecule has 1 fully saturated rings. The number of carbonyl (C=O) groups is 1. The highest BCUT2D eigenvalue weighted by atomic mass is 16.8. The first-order chi connectivity index (χ1) is 16.6. The summed E-state index contributed by atoms with van der Waals surface area (Å²) in [4.78, 5) is 18.1. The highest BCUT2D eigenvalue weighted by Crippen LogP contribution is 2.36. The van der Waals surface area contributed by atoms with Crippen molar-refractivity contribution in [2.45, 2.75) is 77.2 Å². The van der Waals surface area contributed by atoms with E-state index in [1.165, 1.54) is 7.11 Å². The first kappa shape index (κ1) is 25.6. The standard InChI is InChI=1S/C26H36N2O7/c1-15-10-11-19(29)24-20(34-26(3,4)35-24)9-7-8-17-22(25(30)33-16(15)2)21(32-14-31-6)12-18-23(17)27-13-28(18)5/h10-13,15-16,19-20,24,29H,7-9,14H2,1-6H3/b11-10-/t15-,16+,19?,20+,24-/m1/s1. The molecule has 2 aliphatic heterocycles. The maximum absolute atomic E-state index is 13.5. The summed E-state index contributed by atoms with van der Waals surface area (Å²) in [7, 11) is 3.43. The van der Waals surface area contributed by atoms with E-state index in [1.54, 1.807) is 18.5 Å². The van der Waals surface area contributed by atoms with Gasteiger partial charge in [-0.25, -0.2) is 9.78 Å². The van der Waals surface area contributed by atoms with Crippen molar-refractivity contribution in [2.24, 2.45) is 13.0 Å². The highest BCUT2D eigenvalue weighted by molar-refractivity contribution is 6.00. The number of fused-ring (bicyclic) bond motifs is 4. The number of aryl methyl sites for hydroxylation is 2. The minimum absolute atomic E-state index is 0.000321. The minimum atomic E-state index is -0.834. The third-order valence-corrected chi connectivity index (χ3v) is 6.74. The van der Waals surface area contributed by atoms with E-state index in [9.17, 15) is 9.90 Å². The summed E-state index contributed by atoms with van der Waals surface area (Å²) >= 11 is 0. The summed E-state index contributed by atoms with van der Waals surface area (Å²) in [5.41, 5.74) is 2.72. The van der Waals surface area contributed by atoms with Crippen molar-refractivity contribution in [3.8, 4) is 5.75 Å². The van der Waals surface area contributed by atoms with Crippen LogP contribution >= 0.6 is 0 Å². The molecule has 0 spiro atoms. The SMILES string of the molecule is COCOc1cc2c(ncn2C)c2c1C(=O)O[C@@H](C)[C@H](C)/C=C\C(O)[C@H]1OC(C)(C)O[C@H]1CCC2. The Balaban J connectivity index is 1.78. The second-order valence-corrected chi connectivity index (χ2v) is 9.88. The molecule has 0 aliphatic carbocycles. The van der Waals surface area contributed by atoms with Crippen LogP contribution in [0.2, 0.25) is 0 Å². The van der Waals surface area contributed by atoms with Crippen LogP contribution in [-0.4, -0.2) is 64.7 Å². The van der Waals surface area contributed by atoms with Gasteiger partial charge in [0.2, 0.25) is 0 Å². The van der Waals surface area contributed by atoms with Crippen molar-refractivity contribution in [2.75, 3.05) is 13.9 Å². The van der Waals surface area contributed by atoms with Crippen LogP contribution < -0.4 is 4.74 Å². The minimum Gasteiger partial charge on any atom is -0.467 e. The summed E-state index contributed by atoms with van der Waals surface area (Å²) in [5, 5.41) is 10.9. The Hall–Kier alpha value is -2.46. The van der Waals surface area contributed by atoms with Crippen LogP contribution in [-0.2, 0) is 32.4 Å². The maximum atomic E-state index is 13.5. The number of aliphatic hydroxyl groups excluding tert-OH is 1. The van der Waals surface area contributed by atoms with Crippen LogP contribution in [0.15, 0.2) is 24.5 Å². The molecule has 1 N–H and O–H groups in total. The van der Waals surface area contributed by atoms with Gasteiger partial charge in [0, 0.05) is 26.1 Å². The topological polar surface area (TPSA) is 101 Å². The molecule has 35 heavy (non-hydrogen) atoms. The fourth-order valence-corrected chi connectivity index (χ4v) is 4.76. The molecule has 1 unspecified atom stereocenters. The van der Waals surface area contributed by atoms with Crippen LogP contribution in [0.25, 0.3) is 11.0 Å². The van der Waals surface area contributed by atoms with E-state index >= 15 is 0 Å². The zero-order valence-corrected chi connectivity index (χ0v) is 21.3. The van der Waals surface area contributed by atoms with E-state index in [0.29, 0.717) is 30.6 Å². The molecule has 192 valence electrons. The van der Waals surface area contributed by atoms with E-state index in [-0.39, 0.29) is 18.8 Å². The lowest BCUT2D eigenvalue weighted by molar-refractivity contribution is -0.152. The molecule has 1 aromatic carbocycles. The van der Waals surface area contributed by atoms with Crippen molar-refractivity contribution in [1.29, 1.82) is 0 Å². The van der Waals surface area contributed by atoms with Crippen molar-refractivity contribution < 1.29 is 33.6 Å². The molecular weight excluding hydrogens is 452 g/mol. The van der Waals surface area contributed by atoms with Gasteiger partial charge in [-0.2, -0.15) is 0 Å². The van der Waals surface area contributed by atoms with Crippen LogP contribution in [0.4, 0.5) is 0 Å². The number of ether oxygens (including phenoxy) is 5. The first-order valence-electron chi connectivity index (χ1n) is 12.1. The zero-order valence-electron chi connectivity index (χ0n) is 21.3. The molecule has 3 heterocycles. The van der Waals surface area contributed by atoms with Gasteiger partial charge < -0.3 is 33.4 Å². The van der Waals surface area contributed by atoms with Gasteiger partial charge in [0.25, 0.3) is 0 Å². The summed E-state index contributed by atoms with van der Waals surface area (Å²) in [6.45, 7) is 7.48. The molecule has 1 aromatic heterocycles. The fraction of sp³-hybridized carbons (Fsp3) is 0.615. The van der Waals surface area contributed by atoms with Crippen molar-refractivity contribution >= 4 is 17.0 Å². The molecule has 2 aromatic rings. The van der Waals surface area contributed by atoms with Gasteiger partial charge in [0.15, 0.2) is 12.6 Å². The van der Waals surface area contributed by atoms with E-state index in [4.69, 9.17) is 23.7 Å². The number of carbonyl (C=O) groups excluding carboxylic acids is 1. The molecule has 0 bridgehead atoms.